The minimum Gasteiger partial charge on any atom is -0.392 e. The molecule has 98 valence electrons. The van der Waals surface area contributed by atoms with E-state index in [1.807, 2.05) is 24.3 Å². The van der Waals surface area contributed by atoms with Gasteiger partial charge in [0, 0.05) is 16.6 Å². The van der Waals surface area contributed by atoms with Gasteiger partial charge >= 0.3 is 0 Å². The Morgan fingerprint density at radius 3 is 2.16 bits per heavy atom. The van der Waals surface area contributed by atoms with Crippen LogP contribution in [-0.2, 0) is 13.2 Å². The van der Waals surface area contributed by atoms with Crippen LogP contribution in [0.1, 0.15) is 21.5 Å². The number of carbonyl (C=O) groups is 1. The Bertz CT molecular complexity index is 549. The Labute approximate surface area is 120 Å². The molecule has 0 fully saturated rings. The second kappa shape index (κ2) is 6.50. The highest BCUT2D eigenvalue weighted by Gasteiger charge is 2.04. The zero-order chi connectivity index (χ0) is 13.7. The summed E-state index contributed by atoms with van der Waals surface area (Å²) in [7, 11) is 0. The highest BCUT2D eigenvalue weighted by molar-refractivity contribution is 9.10. The summed E-state index contributed by atoms with van der Waals surface area (Å²) >= 11 is 3.37. The molecule has 0 unspecified atom stereocenters. The normalized spacial score (nSPS) is 10.2. The fourth-order valence-electron chi connectivity index (χ4n) is 1.65. The summed E-state index contributed by atoms with van der Waals surface area (Å²) in [5.74, 6) is -0.118. The van der Waals surface area contributed by atoms with Crippen molar-refractivity contribution in [2.75, 3.05) is 0 Å². The van der Waals surface area contributed by atoms with Crippen molar-refractivity contribution >= 4 is 21.8 Å². The van der Waals surface area contributed by atoms with Gasteiger partial charge in [0.15, 0.2) is 0 Å². The molecule has 2 N–H and O–H groups in total. The topological polar surface area (TPSA) is 49.3 Å². The first-order valence-electron chi connectivity index (χ1n) is 5.91. The molecule has 2 rings (SSSR count). The number of carbonyl (C=O) groups excluding carboxylic acids is 1. The van der Waals surface area contributed by atoms with E-state index < -0.39 is 0 Å². The van der Waals surface area contributed by atoms with E-state index in [1.54, 1.807) is 24.3 Å². The Balaban J connectivity index is 1.95. The van der Waals surface area contributed by atoms with Gasteiger partial charge in [-0.2, -0.15) is 0 Å². The van der Waals surface area contributed by atoms with Gasteiger partial charge in [0.05, 0.1) is 6.61 Å². The number of aliphatic hydroxyl groups is 1. The fraction of sp³-hybridized carbons (Fsp3) is 0.133. The van der Waals surface area contributed by atoms with Crippen LogP contribution < -0.4 is 5.32 Å². The van der Waals surface area contributed by atoms with Crippen LogP contribution in [0.3, 0.4) is 0 Å². The van der Waals surface area contributed by atoms with Gasteiger partial charge in [-0.25, -0.2) is 0 Å². The number of nitrogens with one attached hydrogen (secondary N) is 1. The average Bonchev–Trinajstić information content (AvgIpc) is 2.46. The van der Waals surface area contributed by atoms with Gasteiger partial charge in [0.2, 0.25) is 0 Å². The van der Waals surface area contributed by atoms with E-state index in [-0.39, 0.29) is 12.5 Å². The summed E-state index contributed by atoms with van der Waals surface area (Å²) in [6.45, 7) is 0.481. The molecule has 0 spiro atoms. The molecule has 19 heavy (non-hydrogen) atoms. The molecule has 0 aliphatic heterocycles. The van der Waals surface area contributed by atoms with E-state index in [9.17, 15) is 4.79 Å². The van der Waals surface area contributed by atoms with E-state index in [0.717, 1.165) is 15.6 Å². The maximum atomic E-state index is 11.9. The lowest BCUT2D eigenvalue weighted by molar-refractivity contribution is 0.0951. The van der Waals surface area contributed by atoms with E-state index in [2.05, 4.69) is 21.2 Å². The third-order valence-corrected chi connectivity index (χ3v) is 3.29. The van der Waals surface area contributed by atoms with Crippen LogP contribution >= 0.6 is 15.9 Å². The van der Waals surface area contributed by atoms with Crippen molar-refractivity contribution in [1.82, 2.24) is 5.32 Å². The van der Waals surface area contributed by atoms with Crippen molar-refractivity contribution < 1.29 is 9.90 Å². The highest BCUT2D eigenvalue weighted by atomic mass is 79.9. The first kappa shape index (κ1) is 13.8. The first-order valence-corrected chi connectivity index (χ1v) is 6.71. The second-order valence-corrected chi connectivity index (χ2v) is 5.08. The molecule has 2 aromatic carbocycles. The SMILES string of the molecule is O=C(NCc1ccc(Br)cc1)c1ccc(CO)cc1. The first-order chi connectivity index (χ1) is 9.19. The minimum absolute atomic E-state index is 0.0131. The zero-order valence-electron chi connectivity index (χ0n) is 10.3. The van der Waals surface area contributed by atoms with Crippen molar-refractivity contribution in [3.05, 3.63) is 69.7 Å². The van der Waals surface area contributed by atoms with Crippen LogP contribution in [0.2, 0.25) is 0 Å². The predicted octanol–water partition coefficient (Wildman–Crippen LogP) is 2.87. The summed E-state index contributed by atoms with van der Waals surface area (Å²) in [5.41, 5.74) is 2.43. The number of hydrogen-bond donors (Lipinski definition) is 2. The Morgan fingerprint density at radius 2 is 1.58 bits per heavy atom. The lowest BCUT2D eigenvalue weighted by Gasteiger charge is -2.06. The Morgan fingerprint density at radius 1 is 1.00 bits per heavy atom. The number of aliphatic hydroxyl groups excluding tert-OH is 1. The molecule has 0 atom stereocenters. The third-order valence-electron chi connectivity index (χ3n) is 2.77. The minimum atomic E-state index is -0.118. The van der Waals surface area contributed by atoms with E-state index in [0.29, 0.717) is 12.1 Å². The summed E-state index contributed by atoms with van der Waals surface area (Å²) in [5, 5.41) is 11.8. The highest BCUT2D eigenvalue weighted by Crippen LogP contribution is 2.10. The summed E-state index contributed by atoms with van der Waals surface area (Å²) in [4.78, 5) is 11.9. The summed E-state index contributed by atoms with van der Waals surface area (Å²) in [6, 6.07) is 14.7. The second-order valence-electron chi connectivity index (χ2n) is 4.16. The van der Waals surface area contributed by atoms with Gasteiger partial charge in [0.25, 0.3) is 5.91 Å². The van der Waals surface area contributed by atoms with Gasteiger partial charge < -0.3 is 10.4 Å². The molecule has 3 nitrogen and oxygen atoms in total. The number of hydrogen-bond acceptors (Lipinski definition) is 2. The molecule has 0 aliphatic carbocycles. The van der Waals surface area contributed by atoms with Crippen molar-refractivity contribution in [2.45, 2.75) is 13.2 Å². The van der Waals surface area contributed by atoms with Gasteiger partial charge in [-0.1, -0.05) is 40.2 Å². The molecule has 0 radical (unpaired) electrons. The van der Waals surface area contributed by atoms with Crippen molar-refractivity contribution in [3.63, 3.8) is 0 Å². The van der Waals surface area contributed by atoms with E-state index in [1.165, 1.54) is 0 Å². The molecular weight excluding hydrogens is 306 g/mol. The molecule has 0 saturated heterocycles. The van der Waals surface area contributed by atoms with Crippen molar-refractivity contribution in [1.29, 1.82) is 0 Å². The quantitative estimate of drug-likeness (QED) is 0.910. The molecule has 4 heteroatoms. The van der Waals surface area contributed by atoms with E-state index in [4.69, 9.17) is 5.11 Å². The predicted molar refractivity (Wildman–Crippen MR) is 77.7 cm³/mol. The maximum absolute atomic E-state index is 11.9. The number of amides is 1. The van der Waals surface area contributed by atoms with Crippen LogP contribution in [0.4, 0.5) is 0 Å². The number of rotatable bonds is 4. The number of benzene rings is 2. The lowest BCUT2D eigenvalue weighted by atomic mass is 10.1. The lowest BCUT2D eigenvalue weighted by Crippen LogP contribution is -2.22. The van der Waals surface area contributed by atoms with Gasteiger partial charge in [-0.15, -0.1) is 0 Å². The van der Waals surface area contributed by atoms with Crippen molar-refractivity contribution in [2.24, 2.45) is 0 Å². The smallest absolute Gasteiger partial charge is 0.251 e. The van der Waals surface area contributed by atoms with Crippen LogP contribution in [0, 0.1) is 0 Å². The Hall–Kier alpha value is -1.65. The maximum Gasteiger partial charge on any atom is 0.251 e. The molecule has 0 aliphatic rings. The van der Waals surface area contributed by atoms with Crippen LogP contribution in [0.15, 0.2) is 53.0 Å². The summed E-state index contributed by atoms with van der Waals surface area (Å²) in [6.07, 6.45) is 0. The summed E-state index contributed by atoms with van der Waals surface area (Å²) < 4.78 is 1.02. The third kappa shape index (κ3) is 3.91. The van der Waals surface area contributed by atoms with E-state index >= 15 is 0 Å². The average molecular weight is 320 g/mol. The standard InChI is InChI=1S/C15H14BrNO2/c16-14-7-3-11(4-8-14)9-17-15(19)13-5-1-12(10-18)2-6-13/h1-8,18H,9-10H2,(H,17,19). The van der Waals surface area contributed by atoms with Gasteiger partial charge in [-0.3, -0.25) is 4.79 Å². The molecule has 0 aromatic heterocycles. The zero-order valence-corrected chi connectivity index (χ0v) is 11.9. The van der Waals surface area contributed by atoms with Crippen LogP contribution in [0.25, 0.3) is 0 Å². The van der Waals surface area contributed by atoms with Crippen molar-refractivity contribution in [3.8, 4) is 0 Å². The molecule has 1 amide bonds. The monoisotopic (exact) mass is 319 g/mol. The molecule has 2 aromatic rings. The molecule has 0 bridgehead atoms. The largest absolute Gasteiger partial charge is 0.392 e. The molecular formula is C15H14BrNO2. The van der Waals surface area contributed by atoms with Crippen LogP contribution in [-0.4, -0.2) is 11.0 Å². The van der Waals surface area contributed by atoms with Crippen LogP contribution in [0.5, 0.6) is 0 Å². The Kier molecular flexibility index (Phi) is 4.71. The molecule has 0 heterocycles. The fourth-order valence-corrected chi connectivity index (χ4v) is 1.91. The van der Waals surface area contributed by atoms with Gasteiger partial charge in [-0.05, 0) is 35.4 Å². The molecule has 0 saturated carbocycles. The van der Waals surface area contributed by atoms with Gasteiger partial charge in [0.1, 0.15) is 0 Å². The number of halogens is 1.